The van der Waals surface area contributed by atoms with E-state index >= 15 is 0 Å². The molecule has 1 saturated heterocycles. The summed E-state index contributed by atoms with van der Waals surface area (Å²) in [5.41, 5.74) is 2.23. The zero-order valence-corrected chi connectivity index (χ0v) is 15.8. The van der Waals surface area contributed by atoms with Crippen LogP contribution in [0.2, 0.25) is 0 Å². The Morgan fingerprint density at radius 2 is 1.81 bits per heavy atom. The monoisotopic (exact) mass is 374 g/mol. The van der Waals surface area contributed by atoms with Crippen molar-refractivity contribution in [2.24, 2.45) is 5.92 Å². The van der Waals surface area contributed by atoms with Gasteiger partial charge in [-0.05, 0) is 73.5 Å². The molecule has 6 heteroatoms. The standard InChI is InChI=1S/C20H23FN2O2S/c1-13-12-22-10-9-19-20(13)17-11-16(7-8-18(17)23(19)2)26(24,25)15-5-3-14(21)4-6-15/h3-8,11,13,19-20,22H,9-10,12H2,1-2H3/t13?,19-,20+/m0/s1. The number of hydrogen-bond donors (Lipinski definition) is 1. The maximum atomic E-state index is 13.2. The van der Waals surface area contributed by atoms with Crippen LogP contribution in [0.25, 0.3) is 0 Å². The van der Waals surface area contributed by atoms with Gasteiger partial charge in [0.25, 0.3) is 0 Å². The molecule has 2 aliphatic heterocycles. The summed E-state index contributed by atoms with van der Waals surface area (Å²) < 4.78 is 39.1. The topological polar surface area (TPSA) is 49.4 Å². The van der Waals surface area contributed by atoms with Gasteiger partial charge in [-0.2, -0.15) is 0 Å². The van der Waals surface area contributed by atoms with E-state index in [4.69, 9.17) is 0 Å². The maximum absolute atomic E-state index is 13.2. The molecule has 0 radical (unpaired) electrons. The minimum atomic E-state index is -3.66. The third-order valence-electron chi connectivity index (χ3n) is 5.78. The van der Waals surface area contributed by atoms with Crippen molar-refractivity contribution in [2.45, 2.75) is 35.1 Å². The Bertz CT molecular complexity index is 927. The van der Waals surface area contributed by atoms with Gasteiger partial charge in [-0.1, -0.05) is 6.92 Å². The van der Waals surface area contributed by atoms with Crippen molar-refractivity contribution in [2.75, 3.05) is 25.0 Å². The fraction of sp³-hybridized carbons (Fsp3) is 0.400. The minimum Gasteiger partial charge on any atom is -0.371 e. The summed E-state index contributed by atoms with van der Waals surface area (Å²) in [6.07, 6.45) is 1.04. The molecule has 1 N–H and O–H groups in total. The molecule has 0 saturated carbocycles. The van der Waals surface area contributed by atoms with Crippen molar-refractivity contribution in [3.8, 4) is 0 Å². The first kappa shape index (κ1) is 17.5. The van der Waals surface area contributed by atoms with Gasteiger partial charge in [-0.15, -0.1) is 0 Å². The van der Waals surface area contributed by atoms with Crippen LogP contribution in [-0.2, 0) is 9.84 Å². The number of hydrogen-bond acceptors (Lipinski definition) is 4. The number of benzene rings is 2. The highest BCUT2D eigenvalue weighted by Crippen LogP contribution is 2.46. The highest BCUT2D eigenvalue weighted by molar-refractivity contribution is 7.91. The average Bonchev–Trinajstić information content (AvgIpc) is 2.76. The van der Waals surface area contributed by atoms with Gasteiger partial charge < -0.3 is 10.2 Å². The van der Waals surface area contributed by atoms with Crippen LogP contribution in [0.1, 0.15) is 24.8 Å². The van der Waals surface area contributed by atoms with E-state index < -0.39 is 15.7 Å². The summed E-state index contributed by atoms with van der Waals surface area (Å²) in [6.45, 7) is 4.13. The minimum absolute atomic E-state index is 0.123. The second kappa shape index (κ2) is 6.35. The van der Waals surface area contributed by atoms with Crippen LogP contribution in [0, 0.1) is 11.7 Å². The number of fused-ring (bicyclic) bond motifs is 3. The number of sulfone groups is 1. The highest BCUT2D eigenvalue weighted by atomic mass is 32.2. The third kappa shape index (κ3) is 2.72. The van der Waals surface area contributed by atoms with Gasteiger partial charge in [0.05, 0.1) is 9.79 Å². The van der Waals surface area contributed by atoms with Crippen LogP contribution in [0.3, 0.4) is 0 Å². The molecule has 0 aromatic heterocycles. The molecule has 2 aliphatic rings. The van der Waals surface area contributed by atoms with Gasteiger partial charge in [0.2, 0.25) is 9.84 Å². The molecule has 3 atom stereocenters. The van der Waals surface area contributed by atoms with Crippen LogP contribution in [0.15, 0.2) is 52.3 Å². The molecule has 138 valence electrons. The number of likely N-dealkylation sites (N-methyl/N-ethyl adjacent to an activating group) is 1. The zero-order chi connectivity index (χ0) is 18.5. The van der Waals surface area contributed by atoms with Crippen LogP contribution < -0.4 is 10.2 Å². The van der Waals surface area contributed by atoms with Crippen LogP contribution in [-0.4, -0.2) is 34.6 Å². The van der Waals surface area contributed by atoms with Crippen molar-refractivity contribution in [3.63, 3.8) is 0 Å². The first-order valence-corrected chi connectivity index (χ1v) is 10.5. The first-order valence-electron chi connectivity index (χ1n) is 8.98. The second-order valence-corrected chi connectivity index (χ2v) is 9.30. The molecule has 2 aromatic carbocycles. The molecule has 1 fully saturated rings. The van der Waals surface area contributed by atoms with Gasteiger partial charge in [-0.3, -0.25) is 0 Å². The zero-order valence-electron chi connectivity index (χ0n) is 14.9. The van der Waals surface area contributed by atoms with E-state index in [0.717, 1.165) is 30.8 Å². The number of rotatable bonds is 2. The molecular weight excluding hydrogens is 351 g/mol. The fourth-order valence-corrected chi connectivity index (χ4v) is 5.73. The molecule has 2 aromatic rings. The first-order chi connectivity index (χ1) is 12.4. The third-order valence-corrected chi connectivity index (χ3v) is 7.55. The predicted octanol–water partition coefficient (Wildman–Crippen LogP) is 3.19. The molecule has 2 heterocycles. The molecular formula is C20H23FN2O2S. The fourth-order valence-electron chi connectivity index (χ4n) is 4.43. The normalized spacial score (nSPS) is 25.5. The van der Waals surface area contributed by atoms with Crippen molar-refractivity contribution in [1.29, 1.82) is 0 Å². The maximum Gasteiger partial charge on any atom is 0.206 e. The largest absolute Gasteiger partial charge is 0.371 e. The van der Waals surface area contributed by atoms with Gasteiger partial charge in [-0.25, -0.2) is 12.8 Å². The van der Waals surface area contributed by atoms with Gasteiger partial charge in [0, 0.05) is 24.7 Å². The van der Waals surface area contributed by atoms with Crippen LogP contribution >= 0.6 is 0 Å². The van der Waals surface area contributed by atoms with Gasteiger partial charge >= 0.3 is 0 Å². The van der Waals surface area contributed by atoms with Gasteiger partial charge in [0.15, 0.2) is 0 Å². The number of nitrogens with zero attached hydrogens (tertiary/aromatic N) is 1. The van der Waals surface area contributed by atoms with E-state index in [1.165, 1.54) is 24.3 Å². The highest BCUT2D eigenvalue weighted by Gasteiger charge is 2.41. The predicted molar refractivity (Wildman–Crippen MR) is 99.9 cm³/mol. The Balaban J connectivity index is 1.79. The molecule has 4 nitrogen and oxygen atoms in total. The molecule has 0 bridgehead atoms. The molecule has 4 rings (SSSR count). The summed E-state index contributed by atoms with van der Waals surface area (Å²) in [5.74, 6) is 0.297. The quantitative estimate of drug-likeness (QED) is 0.821. The lowest BCUT2D eigenvalue weighted by atomic mass is 9.84. The number of halogens is 1. The molecule has 26 heavy (non-hydrogen) atoms. The lowest BCUT2D eigenvalue weighted by molar-refractivity contribution is 0.424. The van der Waals surface area contributed by atoms with Gasteiger partial charge in [0.1, 0.15) is 5.82 Å². The summed E-state index contributed by atoms with van der Waals surface area (Å²) in [4.78, 5) is 2.69. The summed E-state index contributed by atoms with van der Waals surface area (Å²) >= 11 is 0. The van der Waals surface area contributed by atoms with E-state index in [2.05, 4.69) is 24.2 Å². The Morgan fingerprint density at radius 3 is 2.54 bits per heavy atom. The Morgan fingerprint density at radius 1 is 1.12 bits per heavy atom. The van der Waals surface area contributed by atoms with Crippen molar-refractivity contribution >= 4 is 15.5 Å². The van der Waals surface area contributed by atoms with E-state index in [1.807, 2.05) is 12.1 Å². The Labute approximate surface area is 153 Å². The van der Waals surface area contributed by atoms with Crippen molar-refractivity contribution < 1.29 is 12.8 Å². The molecule has 1 unspecified atom stereocenters. The molecule has 0 amide bonds. The van der Waals surface area contributed by atoms with E-state index in [1.54, 1.807) is 6.07 Å². The average molecular weight is 374 g/mol. The van der Waals surface area contributed by atoms with Crippen LogP contribution in [0.5, 0.6) is 0 Å². The van der Waals surface area contributed by atoms with Crippen LogP contribution in [0.4, 0.5) is 10.1 Å². The second-order valence-electron chi connectivity index (χ2n) is 7.35. The lowest BCUT2D eigenvalue weighted by Gasteiger charge is -2.27. The van der Waals surface area contributed by atoms with E-state index in [9.17, 15) is 12.8 Å². The van der Waals surface area contributed by atoms with Crippen molar-refractivity contribution in [3.05, 3.63) is 53.8 Å². The smallest absolute Gasteiger partial charge is 0.206 e. The Kier molecular flexibility index (Phi) is 4.28. The summed E-state index contributed by atoms with van der Waals surface area (Å²) in [7, 11) is -1.57. The number of nitrogens with one attached hydrogen (secondary N) is 1. The number of anilines is 1. The van der Waals surface area contributed by atoms with E-state index in [-0.39, 0.29) is 9.79 Å². The van der Waals surface area contributed by atoms with Crippen molar-refractivity contribution in [1.82, 2.24) is 5.32 Å². The lowest BCUT2D eigenvalue weighted by Crippen LogP contribution is -2.32. The molecule has 0 aliphatic carbocycles. The van der Waals surface area contributed by atoms with E-state index in [0.29, 0.717) is 17.9 Å². The summed E-state index contributed by atoms with van der Waals surface area (Å²) in [6, 6.07) is 10.8. The SMILES string of the molecule is CC1CNCC[C@H]2[C@H]1c1cc(S(=O)(=O)c3ccc(F)cc3)ccc1N2C. The molecule has 0 spiro atoms. The summed E-state index contributed by atoms with van der Waals surface area (Å²) in [5, 5.41) is 3.47. The Hall–Kier alpha value is -1.92.